The molecule has 2 aliphatic rings. The number of ether oxygens (including phenoxy) is 1. The maximum Gasteiger partial charge on any atom is 0.425 e. The van der Waals surface area contributed by atoms with Crippen LogP contribution in [0.25, 0.3) is 5.65 Å². The fourth-order valence-corrected chi connectivity index (χ4v) is 5.01. The Morgan fingerprint density at radius 3 is 2.50 bits per heavy atom. The Bertz CT molecular complexity index is 1180. The normalized spacial score (nSPS) is 26.6. The highest BCUT2D eigenvalue weighted by molar-refractivity contribution is 7.86. The largest absolute Gasteiger partial charge is 0.425 e. The molecule has 4 rings (SSSR count). The van der Waals surface area contributed by atoms with E-state index in [1.807, 2.05) is 0 Å². The molecule has 34 heavy (non-hydrogen) atoms. The predicted molar refractivity (Wildman–Crippen MR) is 115 cm³/mol. The third kappa shape index (κ3) is 5.29. The highest BCUT2D eigenvalue weighted by Crippen LogP contribution is 2.42. The fraction of sp³-hybridized carbons (Fsp3) is 0.667. The molecule has 0 bridgehead atoms. The number of alkyl halides is 3. The average molecular weight is 505 g/mol. The van der Waals surface area contributed by atoms with E-state index in [1.54, 1.807) is 30.5 Å². The van der Waals surface area contributed by atoms with Crippen LogP contribution < -0.4 is 0 Å². The molecule has 1 aliphatic carbocycles. The number of aryl methyl sites for hydroxylation is 1. The van der Waals surface area contributed by atoms with Crippen molar-refractivity contribution >= 4 is 21.9 Å². The van der Waals surface area contributed by atoms with Crippen molar-refractivity contribution in [2.24, 2.45) is 5.92 Å². The molecule has 13 heteroatoms. The number of amides is 1. The topological polar surface area (TPSA) is 103 Å². The second kappa shape index (κ2) is 8.99. The van der Waals surface area contributed by atoms with Crippen molar-refractivity contribution in [3.8, 4) is 0 Å². The zero-order valence-corrected chi connectivity index (χ0v) is 19.9. The van der Waals surface area contributed by atoms with Gasteiger partial charge in [-0.2, -0.15) is 26.7 Å². The van der Waals surface area contributed by atoms with Gasteiger partial charge in [-0.1, -0.05) is 0 Å². The molecular formula is C21H27F3N4O5S. The van der Waals surface area contributed by atoms with Gasteiger partial charge in [-0.05, 0) is 45.6 Å². The van der Waals surface area contributed by atoms with Crippen LogP contribution in [-0.4, -0.2) is 65.6 Å². The van der Waals surface area contributed by atoms with Crippen LogP contribution in [0.5, 0.6) is 0 Å². The zero-order chi connectivity index (χ0) is 24.8. The molecule has 1 amide bonds. The first kappa shape index (κ1) is 24.7. The second-order valence-corrected chi connectivity index (χ2v) is 10.7. The van der Waals surface area contributed by atoms with Crippen molar-refractivity contribution in [1.29, 1.82) is 0 Å². The molecule has 0 unspecified atom stereocenters. The SMILES string of the molecule is Cc1cc([C@@H]2CN(C(=O)OS(C)(=O)=O)[C@@H](C)CO2)n2nc([C@H]3CC[C@H](C(F)(F)F)CC3)cc2n1. The average Bonchev–Trinajstić information content (AvgIpc) is 3.15. The Labute approximate surface area is 195 Å². The van der Waals surface area contributed by atoms with Gasteiger partial charge < -0.3 is 8.92 Å². The number of carbonyl (C=O) groups is 1. The maximum absolute atomic E-state index is 13.0. The van der Waals surface area contributed by atoms with Crippen molar-refractivity contribution in [1.82, 2.24) is 19.5 Å². The Hall–Kier alpha value is -2.41. The summed E-state index contributed by atoms with van der Waals surface area (Å²) in [5, 5.41) is 4.65. The zero-order valence-electron chi connectivity index (χ0n) is 19.1. The van der Waals surface area contributed by atoms with E-state index >= 15 is 0 Å². The molecule has 0 N–H and O–H groups in total. The molecule has 0 aromatic carbocycles. The summed E-state index contributed by atoms with van der Waals surface area (Å²) in [6, 6.07) is 3.15. The first-order valence-electron chi connectivity index (χ1n) is 11.1. The van der Waals surface area contributed by atoms with Crippen LogP contribution in [-0.2, 0) is 19.0 Å². The molecule has 2 aromatic heterocycles. The smallest absolute Gasteiger partial charge is 0.368 e. The molecule has 188 valence electrons. The standard InChI is InChI=1S/C21H27F3N4O5S/c1-12-8-17(18-10-27(13(2)11-32-18)20(29)33-34(3,30)31)28-19(25-12)9-16(26-28)14-4-6-15(7-5-14)21(22,23)24/h8-9,13-15,18H,4-7,10-11H2,1-3H3/t13-,14-,15-,18-/m0/s1. The van der Waals surface area contributed by atoms with Gasteiger partial charge in [-0.3, -0.25) is 4.90 Å². The molecule has 9 nitrogen and oxygen atoms in total. The van der Waals surface area contributed by atoms with Gasteiger partial charge in [-0.25, -0.2) is 14.3 Å². The number of aromatic nitrogens is 3. The fourth-order valence-electron chi connectivity index (χ4n) is 4.66. The van der Waals surface area contributed by atoms with E-state index in [4.69, 9.17) is 4.74 Å². The molecule has 0 spiro atoms. The Morgan fingerprint density at radius 2 is 1.88 bits per heavy atom. The van der Waals surface area contributed by atoms with E-state index in [-0.39, 0.29) is 31.9 Å². The van der Waals surface area contributed by atoms with E-state index in [2.05, 4.69) is 14.3 Å². The molecule has 2 aromatic rings. The molecule has 1 saturated heterocycles. The van der Waals surface area contributed by atoms with Crippen LogP contribution in [0.1, 0.15) is 61.7 Å². The van der Waals surface area contributed by atoms with Crippen molar-refractivity contribution in [3.05, 3.63) is 29.2 Å². The summed E-state index contributed by atoms with van der Waals surface area (Å²) in [7, 11) is -3.97. The first-order valence-corrected chi connectivity index (χ1v) is 12.9. The molecular weight excluding hydrogens is 477 g/mol. The number of halogens is 3. The third-order valence-electron chi connectivity index (χ3n) is 6.43. The molecule has 2 fully saturated rings. The van der Waals surface area contributed by atoms with Crippen LogP contribution in [0.15, 0.2) is 12.1 Å². The Balaban J connectivity index is 1.58. The Morgan fingerprint density at radius 1 is 1.21 bits per heavy atom. The summed E-state index contributed by atoms with van der Waals surface area (Å²) in [5.41, 5.74) is 2.51. The third-order valence-corrected chi connectivity index (χ3v) is 6.88. The van der Waals surface area contributed by atoms with Crippen molar-refractivity contribution in [2.45, 2.75) is 63.8 Å². The van der Waals surface area contributed by atoms with Gasteiger partial charge in [0.25, 0.3) is 0 Å². The van der Waals surface area contributed by atoms with Gasteiger partial charge in [0.2, 0.25) is 0 Å². The van der Waals surface area contributed by atoms with Crippen LogP contribution in [0.3, 0.4) is 0 Å². The van der Waals surface area contributed by atoms with Crippen LogP contribution in [0.4, 0.5) is 18.0 Å². The van der Waals surface area contributed by atoms with E-state index in [0.717, 1.165) is 6.26 Å². The number of carbonyl (C=O) groups excluding carboxylic acids is 1. The van der Waals surface area contributed by atoms with Gasteiger partial charge in [0.15, 0.2) is 5.65 Å². The van der Waals surface area contributed by atoms with Crippen molar-refractivity contribution in [2.75, 3.05) is 19.4 Å². The second-order valence-electron chi connectivity index (χ2n) is 9.13. The summed E-state index contributed by atoms with van der Waals surface area (Å²) in [6.07, 6.45) is -4.04. The van der Waals surface area contributed by atoms with E-state index in [0.29, 0.717) is 35.6 Å². The minimum Gasteiger partial charge on any atom is -0.368 e. The van der Waals surface area contributed by atoms with Gasteiger partial charge in [0.05, 0.1) is 42.8 Å². The van der Waals surface area contributed by atoms with E-state index < -0.39 is 40.5 Å². The molecule has 3 heterocycles. The summed E-state index contributed by atoms with van der Waals surface area (Å²) < 4.78 is 74.0. The minimum absolute atomic E-state index is 0.0416. The number of fused-ring (bicyclic) bond motifs is 1. The number of morpholine rings is 1. The number of hydrogen-bond acceptors (Lipinski definition) is 7. The lowest BCUT2D eigenvalue weighted by atomic mass is 9.80. The van der Waals surface area contributed by atoms with Gasteiger partial charge in [0, 0.05) is 17.7 Å². The highest BCUT2D eigenvalue weighted by atomic mass is 32.2. The van der Waals surface area contributed by atoms with Crippen LogP contribution in [0, 0.1) is 12.8 Å². The van der Waals surface area contributed by atoms with Crippen LogP contribution in [0.2, 0.25) is 0 Å². The molecule has 2 atom stereocenters. The summed E-state index contributed by atoms with van der Waals surface area (Å²) in [5.74, 6) is -1.37. The summed E-state index contributed by atoms with van der Waals surface area (Å²) in [6.45, 7) is 3.71. The monoisotopic (exact) mass is 504 g/mol. The lowest BCUT2D eigenvalue weighted by Gasteiger charge is -2.37. The lowest BCUT2D eigenvalue weighted by molar-refractivity contribution is -0.182. The lowest BCUT2D eigenvalue weighted by Crippen LogP contribution is -2.49. The van der Waals surface area contributed by atoms with E-state index in [1.165, 1.54) is 4.90 Å². The molecule has 0 radical (unpaired) electrons. The van der Waals surface area contributed by atoms with Gasteiger partial charge in [0.1, 0.15) is 6.10 Å². The quantitative estimate of drug-likeness (QED) is 0.587. The summed E-state index contributed by atoms with van der Waals surface area (Å²) >= 11 is 0. The number of nitrogens with zero attached hydrogens (tertiary/aromatic N) is 4. The van der Waals surface area contributed by atoms with Gasteiger partial charge >= 0.3 is 22.4 Å². The number of rotatable bonds is 3. The summed E-state index contributed by atoms with van der Waals surface area (Å²) in [4.78, 5) is 18.2. The minimum atomic E-state index is -4.17. The van der Waals surface area contributed by atoms with Crippen molar-refractivity contribution < 1.29 is 35.3 Å². The molecule has 1 saturated carbocycles. The van der Waals surface area contributed by atoms with E-state index in [9.17, 15) is 26.4 Å². The predicted octanol–water partition coefficient (Wildman–Crippen LogP) is 3.73. The highest BCUT2D eigenvalue weighted by Gasteiger charge is 2.42. The molecule has 1 aliphatic heterocycles. The number of hydrogen-bond donors (Lipinski definition) is 0. The van der Waals surface area contributed by atoms with Gasteiger partial charge in [-0.15, -0.1) is 0 Å². The van der Waals surface area contributed by atoms with Crippen LogP contribution >= 0.6 is 0 Å². The Kier molecular flexibility index (Phi) is 6.53. The maximum atomic E-state index is 13.0. The van der Waals surface area contributed by atoms with Crippen molar-refractivity contribution in [3.63, 3.8) is 0 Å². The first-order chi connectivity index (χ1) is 15.8.